The van der Waals surface area contributed by atoms with Crippen LogP contribution in [0, 0.1) is 6.92 Å². The number of Topliss-reactive ketones (excluding diaryl/α,β-unsaturated/α-hetero) is 1. The molecule has 1 aliphatic heterocycles. The van der Waals surface area contributed by atoms with Crippen LogP contribution >= 0.6 is 0 Å². The zero-order chi connectivity index (χ0) is 18.2. The van der Waals surface area contributed by atoms with E-state index >= 15 is 0 Å². The van der Waals surface area contributed by atoms with Gasteiger partial charge in [0.05, 0.1) is 12.0 Å². The Hall–Kier alpha value is -2.89. The van der Waals surface area contributed by atoms with Crippen molar-refractivity contribution in [1.82, 2.24) is 4.90 Å². The highest BCUT2D eigenvalue weighted by Gasteiger charge is 2.36. The molecule has 0 aliphatic carbocycles. The lowest BCUT2D eigenvalue weighted by atomic mass is 9.86. The van der Waals surface area contributed by atoms with Crippen LogP contribution in [0.3, 0.4) is 0 Å². The molecule has 2 aromatic rings. The molecule has 6 nitrogen and oxygen atoms in total. The van der Waals surface area contributed by atoms with Crippen molar-refractivity contribution in [3.63, 3.8) is 0 Å². The fourth-order valence-corrected chi connectivity index (χ4v) is 2.95. The van der Waals surface area contributed by atoms with Gasteiger partial charge in [0.2, 0.25) is 11.7 Å². The molecule has 0 spiro atoms. The van der Waals surface area contributed by atoms with E-state index in [1.807, 2.05) is 31.2 Å². The Morgan fingerprint density at radius 1 is 1.36 bits per heavy atom. The highest BCUT2D eigenvalue weighted by Crippen LogP contribution is 2.33. The number of carbonyl (C=O) groups is 2. The van der Waals surface area contributed by atoms with Crippen molar-refractivity contribution < 1.29 is 14.0 Å². The van der Waals surface area contributed by atoms with Crippen LogP contribution in [-0.2, 0) is 16.8 Å². The molecule has 1 amide bonds. The second kappa shape index (κ2) is 6.20. The van der Waals surface area contributed by atoms with E-state index in [1.54, 1.807) is 26.1 Å². The zero-order valence-electron chi connectivity index (χ0n) is 14.6. The molecule has 1 atom stereocenters. The van der Waals surface area contributed by atoms with Crippen molar-refractivity contribution in [2.75, 3.05) is 7.05 Å². The minimum atomic E-state index is -0.728. The van der Waals surface area contributed by atoms with Crippen molar-refractivity contribution in [2.45, 2.75) is 32.2 Å². The molecule has 0 fully saturated rings. The number of nitrogens with two attached hydrogens (primary N) is 1. The van der Waals surface area contributed by atoms with Crippen LogP contribution in [0.25, 0.3) is 0 Å². The summed E-state index contributed by atoms with van der Waals surface area (Å²) < 4.78 is 5.39. The van der Waals surface area contributed by atoms with Gasteiger partial charge in [-0.3, -0.25) is 14.5 Å². The van der Waals surface area contributed by atoms with Crippen molar-refractivity contribution in [1.29, 1.82) is 0 Å². The van der Waals surface area contributed by atoms with Crippen LogP contribution in [0.2, 0.25) is 0 Å². The monoisotopic (exact) mass is 339 g/mol. The lowest BCUT2D eigenvalue weighted by Crippen LogP contribution is -2.47. The molecule has 1 aromatic carbocycles. The van der Waals surface area contributed by atoms with Gasteiger partial charge in [-0.25, -0.2) is 4.99 Å². The van der Waals surface area contributed by atoms with E-state index in [4.69, 9.17) is 10.2 Å². The van der Waals surface area contributed by atoms with Crippen LogP contribution < -0.4 is 5.73 Å². The van der Waals surface area contributed by atoms with Gasteiger partial charge >= 0.3 is 0 Å². The van der Waals surface area contributed by atoms with Crippen molar-refractivity contribution in [3.05, 3.63) is 59.0 Å². The number of nitrogens with zero attached hydrogens (tertiary/aromatic N) is 2. The van der Waals surface area contributed by atoms with Crippen LogP contribution in [-0.4, -0.2) is 29.6 Å². The predicted octanol–water partition coefficient (Wildman–Crippen LogP) is 2.41. The summed E-state index contributed by atoms with van der Waals surface area (Å²) in [4.78, 5) is 30.3. The van der Waals surface area contributed by atoms with Gasteiger partial charge in [-0.15, -0.1) is 0 Å². The molecule has 0 bridgehead atoms. The maximum absolute atomic E-state index is 12.3. The first-order chi connectivity index (χ1) is 11.8. The molecular formula is C19H21N3O3. The number of benzene rings is 1. The number of rotatable bonds is 4. The van der Waals surface area contributed by atoms with Gasteiger partial charge in [-0.1, -0.05) is 24.3 Å². The Kier molecular flexibility index (Phi) is 4.20. The highest BCUT2D eigenvalue weighted by molar-refractivity contribution is 5.99. The van der Waals surface area contributed by atoms with E-state index in [2.05, 4.69) is 4.99 Å². The average molecular weight is 339 g/mol. The first-order valence-corrected chi connectivity index (χ1v) is 8.09. The van der Waals surface area contributed by atoms with Crippen molar-refractivity contribution >= 4 is 17.6 Å². The number of furan rings is 1. The van der Waals surface area contributed by atoms with Crippen molar-refractivity contribution in [3.8, 4) is 0 Å². The first-order valence-electron chi connectivity index (χ1n) is 8.09. The molecule has 3 rings (SSSR count). The first kappa shape index (κ1) is 17.0. The van der Waals surface area contributed by atoms with Gasteiger partial charge in [-0.2, -0.15) is 0 Å². The lowest BCUT2D eigenvalue weighted by molar-refractivity contribution is -0.128. The van der Waals surface area contributed by atoms with Crippen LogP contribution in [0.4, 0.5) is 0 Å². The third-order valence-electron chi connectivity index (χ3n) is 4.50. The summed E-state index contributed by atoms with van der Waals surface area (Å²) >= 11 is 0. The Morgan fingerprint density at radius 2 is 2.12 bits per heavy atom. The van der Waals surface area contributed by atoms with Crippen LogP contribution in [0.5, 0.6) is 0 Å². The highest BCUT2D eigenvalue weighted by atomic mass is 16.3. The normalized spacial score (nSPS) is 20.5. The molecule has 130 valence electrons. The van der Waals surface area contributed by atoms with E-state index < -0.39 is 5.54 Å². The van der Waals surface area contributed by atoms with E-state index in [1.165, 1.54) is 4.90 Å². The smallest absolute Gasteiger partial charge is 0.231 e. The fourth-order valence-electron chi connectivity index (χ4n) is 2.95. The van der Waals surface area contributed by atoms with Gasteiger partial charge < -0.3 is 10.2 Å². The standard InChI is InChI=1S/C19H21N3O3/c1-12-7-8-16(25-12)15(23)10-13-5-4-6-14(9-13)19(2)11-17(24)22(3)18(20)21-19/h4-9H,10-11H2,1-3H3,(H2,20,21). The number of aryl methyl sites for hydroxylation is 1. The van der Waals surface area contributed by atoms with E-state index in [-0.39, 0.29) is 30.5 Å². The largest absolute Gasteiger partial charge is 0.458 e. The number of carbonyl (C=O) groups excluding carboxylic acids is 2. The molecule has 1 unspecified atom stereocenters. The van der Waals surface area contributed by atoms with Gasteiger partial charge in [0.1, 0.15) is 5.76 Å². The number of guanidine groups is 1. The lowest BCUT2D eigenvalue weighted by Gasteiger charge is -2.33. The number of hydrogen-bond donors (Lipinski definition) is 1. The summed E-state index contributed by atoms with van der Waals surface area (Å²) in [6.45, 7) is 3.68. The minimum absolute atomic E-state index is 0.0810. The molecule has 1 aliphatic rings. The van der Waals surface area contributed by atoms with E-state index in [0.717, 1.165) is 11.1 Å². The van der Waals surface area contributed by atoms with E-state index in [9.17, 15) is 9.59 Å². The Labute approximate surface area is 146 Å². The van der Waals surface area contributed by atoms with Gasteiger partial charge in [-0.05, 0) is 37.1 Å². The SMILES string of the molecule is Cc1ccc(C(=O)Cc2cccc(C3(C)CC(=O)N(C)C(N)=N3)c2)o1. The molecular weight excluding hydrogens is 318 g/mol. The van der Waals surface area contributed by atoms with Crippen LogP contribution in [0.15, 0.2) is 45.8 Å². The summed E-state index contributed by atoms with van der Waals surface area (Å²) in [6, 6.07) is 11.0. The predicted molar refractivity (Wildman–Crippen MR) is 94.3 cm³/mol. The number of ketones is 1. The van der Waals surface area contributed by atoms with Gasteiger partial charge in [0.25, 0.3) is 0 Å². The second-order valence-electron chi connectivity index (χ2n) is 6.58. The molecule has 2 N–H and O–H groups in total. The van der Waals surface area contributed by atoms with E-state index in [0.29, 0.717) is 11.5 Å². The maximum atomic E-state index is 12.3. The van der Waals surface area contributed by atoms with Crippen LogP contribution in [0.1, 0.15) is 40.8 Å². The molecule has 25 heavy (non-hydrogen) atoms. The minimum Gasteiger partial charge on any atom is -0.458 e. The molecule has 0 saturated heterocycles. The third kappa shape index (κ3) is 3.33. The molecule has 6 heteroatoms. The fraction of sp³-hybridized carbons (Fsp3) is 0.316. The molecule has 0 radical (unpaired) electrons. The number of aliphatic imine (C=N–C) groups is 1. The number of amides is 1. The summed E-state index contributed by atoms with van der Waals surface area (Å²) in [6.07, 6.45) is 0.461. The second-order valence-corrected chi connectivity index (χ2v) is 6.58. The topological polar surface area (TPSA) is 88.9 Å². The summed E-state index contributed by atoms with van der Waals surface area (Å²) in [5, 5.41) is 0. The zero-order valence-corrected chi connectivity index (χ0v) is 14.6. The maximum Gasteiger partial charge on any atom is 0.231 e. The van der Waals surface area contributed by atoms with Gasteiger partial charge in [0, 0.05) is 13.5 Å². The number of hydrogen-bond acceptors (Lipinski definition) is 5. The van der Waals surface area contributed by atoms with Gasteiger partial charge in [0.15, 0.2) is 11.7 Å². The molecule has 0 saturated carbocycles. The Balaban J connectivity index is 1.87. The Morgan fingerprint density at radius 3 is 2.76 bits per heavy atom. The Bertz CT molecular complexity index is 868. The summed E-state index contributed by atoms with van der Waals surface area (Å²) in [7, 11) is 1.61. The third-order valence-corrected chi connectivity index (χ3v) is 4.50. The molecule has 2 heterocycles. The molecule has 1 aromatic heterocycles. The quantitative estimate of drug-likeness (QED) is 0.866. The summed E-state index contributed by atoms with van der Waals surface area (Å²) in [5.74, 6) is 1.09. The average Bonchev–Trinajstić information content (AvgIpc) is 2.99. The summed E-state index contributed by atoms with van der Waals surface area (Å²) in [5.41, 5.74) is 6.84. The van der Waals surface area contributed by atoms with Crippen molar-refractivity contribution in [2.24, 2.45) is 10.7 Å².